The fraction of sp³-hybridized carbons (Fsp3) is 0.259. The molecule has 1 saturated carbocycles. The topological polar surface area (TPSA) is 46.9 Å². The van der Waals surface area contributed by atoms with Crippen molar-refractivity contribution in [2.24, 2.45) is 0 Å². The summed E-state index contributed by atoms with van der Waals surface area (Å²) in [4.78, 5) is 17.3. The molecular formula is C27H27N3O. The Kier molecular flexibility index (Phi) is 5.06. The first-order valence-electron chi connectivity index (χ1n) is 11.0. The van der Waals surface area contributed by atoms with Gasteiger partial charge in [0, 0.05) is 24.6 Å². The van der Waals surface area contributed by atoms with Crippen molar-refractivity contribution < 1.29 is 4.79 Å². The van der Waals surface area contributed by atoms with Crippen LogP contribution < -0.4 is 5.32 Å². The summed E-state index contributed by atoms with van der Waals surface area (Å²) in [6, 6.07) is 23.2. The molecule has 0 saturated heterocycles. The summed E-state index contributed by atoms with van der Waals surface area (Å²) < 4.78 is 2.31. The standard InChI is InChI=1S/C27H27N3O/c1-18-14-24-25(15-19(18)2)30(26(29-24)16-20-6-4-3-5-7-20)17-21-8-10-22(11-9-21)27(31)28-23-12-13-23/h3-11,14-15,23H,12-13,16-17H2,1-2H3,(H,28,31). The van der Waals surface area contributed by atoms with Gasteiger partial charge in [0.1, 0.15) is 5.82 Å². The number of hydrogen-bond donors (Lipinski definition) is 1. The molecule has 1 fully saturated rings. The summed E-state index contributed by atoms with van der Waals surface area (Å²) in [5, 5.41) is 3.05. The van der Waals surface area contributed by atoms with Crippen molar-refractivity contribution in [2.75, 3.05) is 0 Å². The number of carbonyl (C=O) groups is 1. The van der Waals surface area contributed by atoms with Gasteiger partial charge in [-0.2, -0.15) is 0 Å². The third-order valence-electron chi connectivity index (χ3n) is 6.12. The number of imidazole rings is 1. The van der Waals surface area contributed by atoms with Crippen LogP contribution in [0.15, 0.2) is 66.7 Å². The van der Waals surface area contributed by atoms with E-state index in [2.05, 4.69) is 72.3 Å². The molecule has 0 radical (unpaired) electrons. The Morgan fingerprint density at radius 3 is 2.39 bits per heavy atom. The lowest BCUT2D eigenvalue weighted by atomic mass is 10.1. The predicted molar refractivity (Wildman–Crippen MR) is 124 cm³/mol. The molecule has 1 aliphatic rings. The molecule has 0 atom stereocenters. The van der Waals surface area contributed by atoms with Crippen molar-refractivity contribution in [3.05, 3.63) is 100 Å². The minimum absolute atomic E-state index is 0.0259. The van der Waals surface area contributed by atoms with Crippen molar-refractivity contribution in [2.45, 2.75) is 45.7 Å². The maximum atomic E-state index is 12.3. The normalized spacial score (nSPS) is 13.5. The summed E-state index contributed by atoms with van der Waals surface area (Å²) in [7, 11) is 0. The number of carbonyl (C=O) groups excluding carboxylic acids is 1. The van der Waals surface area contributed by atoms with Crippen LogP contribution in [0.2, 0.25) is 0 Å². The molecule has 0 unspecified atom stereocenters. The number of aryl methyl sites for hydroxylation is 2. The van der Waals surface area contributed by atoms with Gasteiger partial charge < -0.3 is 9.88 Å². The first-order valence-corrected chi connectivity index (χ1v) is 11.0. The van der Waals surface area contributed by atoms with E-state index in [-0.39, 0.29) is 5.91 Å². The largest absolute Gasteiger partial charge is 0.349 e. The molecule has 0 aliphatic heterocycles. The van der Waals surface area contributed by atoms with Gasteiger partial charge in [-0.15, -0.1) is 0 Å². The quantitative estimate of drug-likeness (QED) is 0.477. The molecule has 4 aromatic rings. The van der Waals surface area contributed by atoms with Crippen LogP contribution in [-0.4, -0.2) is 21.5 Å². The van der Waals surface area contributed by atoms with E-state index in [9.17, 15) is 4.79 Å². The van der Waals surface area contributed by atoms with E-state index in [4.69, 9.17) is 4.98 Å². The first-order chi connectivity index (χ1) is 15.1. The van der Waals surface area contributed by atoms with E-state index < -0.39 is 0 Å². The van der Waals surface area contributed by atoms with Crippen LogP contribution >= 0.6 is 0 Å². The second-order valence-corrected chi connectivity index (χ2v) is 8.65. The fourth-order valence-corrected chi connectivity index (χ4v) is 3.96. The lowest BCUT2D eigenvalue weighted by Gasteiger charge is -2.11. The van der Waals surface area contributed by atoms with Gasteiger partial charge >= 0.3 is 0 Å². The smallest absolute Gasteiger partial charge is 0.251 e. The summed E-state index contributed by atoms with van der Waals surface area (Å²) in [5.74, 6) is 1.08. The molecule has 31 heavy (non-hydrogen) atoms. The number of nitrogens with one attached hydrogen (secondary N) is 1. The van der Waals surface area contributed by atoms with E-state index in [1.807, 2.05) is 18.2 Å². The lowest BCUT2D eigenvalue weighted by Crippen LogP contribution is -2.25. The van der Waals surface area contributed by atoms with Crippen molar-refractivity contribution in [1.29, 1.82) is 0 Å². The fourth-order valence-electron chi connectivity index (χ4n) is 3.96. The van der Waals surface area contributed by atoms with Gasteiger partial charge in [-0.3, -0.25) is 4.79 Å². The summed E-state index contributed by atoms with van der Waals surface area (Å²) in [6.45, 7) is 5.01. The lowest BCUT2D eigenvalue weighted by molar-refractivity contribution is 0.0951. The Labute approximate surface area is 182 Å². The molecule has 1 aromatic heterocycles. The zero-order valence-corrected chi connectivity index (χ0v) is 18.1. The molecule has 1 heterocycles. The second-order valence-electron chi connectivity index (χ2n) is 8.65. The SMILES string of the molecule is Cc1cc2nc(Cc3ccccc3)n(Cc3ccc(C(=O)NC4CC4)cc3)c2cc1C. The zero-order valence-electron chi connectivity index (χ0n) is 18.1. The Hall–Kier alpha value is -3.40. The minimum Gasteiger partial charge on any atom is -0.349 e. The highest BCUT2D eigenvalue weighted by atomic mass is 16.1. The maximum Gasteiger partial charge on any atom is 0.251 e. The van der Waals surface area contributed by atoms with Crippen molar-refractivity contribution >= 4 is 16.9 Å². The van der Waals surface area contributed by atoms with Gasteiger partial charge in [0.05, 0.1) is 11.0 Å². The third-order valence-corrected chi connectivity index (χ3v) is 6.12. The van der Waals surface area contributed by atoms with Crippen LogP contribution in [0.1, 0.15) is 51.3 Å². The monoisotopic (exact) mass is 409 g/mol. The summed E-state index contributed by atoms with van der Waals surface area (Å²) in [6.07, 6.45) is 2.98. The van der Waals surface area contributed by atoms with E-state index in [0.717, 1.165) is 53.8 Å². The molecule has 5 rings (SSSR count). The average molecular weight is 410 g/mol. The van der Waals surface area contributed by atoms with Crippen LogP contribution in [0.5, 0.6) is 0 Å². The van der Waals surface area contributed by atoms with Gasteiger partial charge in [-0.25, -0.2) is 4.98 Å². The number of aromatic nitrogens is 2. The van der Waals surface area contributed by atoms with Gasteiger partial charge in [-0.1, -0.05) is 42.5 Å². The molecule has 3 aromatic carbocycles. The Morgan fingerprint density at radius 2 is 1.68 bits per heavy atom. The number of nitrogens with zero attached hydrogens (tertiary/aromatic N) is 2. The van der Waals surface area contributed by atoms with Crippen LogP contribution in [0.4, 0.5) is 0 Å². The van der Waals surface area contributed by atoms with Crippen LogP contribution in [0, 0.1) is 13.8 Å². The number of fused-ring (bicyclic) bond motifs is 1. The van der Waals surface area contributed by atoms with E-state index in [1.54, 1.807) is 0 Å². The molecule has 0 spiro atoms. The molecule has 4 nitrogen and oxygen atoms in total. The number of benzene rings is 3. The zero-order chi connectivity index (χ0) is 21.4. The van der Waals surface area contributed by atoms with Crippen LogP contribution in [0.3, 0.4) is 0 Å². The molecule has 4 heteroatoms. The summed E-state index contributed by atoms with van der Waals surface area (Å²) >= 11 is 0. The van der Waals surface area contributed by atoms with Crippen LogP contribution in [-0.2, 0) is 13.0 Å². The second kappa shape index (κ2) is 8.03. The van der Waals surface area contributed by atoms with Gasteiger partial charge in [0.15, 0.2) is 0 Å². The molecule has 0 bridgehead atoms. The minimum atomic E-state index is 0.0259. The maximum absolute atomic E-state index is 12.3. The predicted octanol–water partition coefficient (Wildman–Crippen LogP) is 5.18. The number of rotatable bonds is 6. The molecular weight excluding hydrogens is 382 g/mol. The Bertz CT molecular complexity index is 1240. The van der Waals surface area contributed by atoms with Crippen LogP contribution in [0.25, 0.3) is 11.0 Å². The Morgan fingerprint density at radius 1 is 0.968 bits per heavy atom. The molecule has 1 aliphatic carbocycles. The average Bonchev–Trinajstić information content (AvgIpc) is 3.54. The highest BCUT2D eigenvalue weighted by molar-refractivity contribution is 5.94. The van der Waals surface area contributed by atoms with Gasteiger partial charge in [0.2, 0.25) is 0 Å². The highest BCUT2D eigenvalue weighted by Crippen LogP contribution is 2.24. The summed E-state index contributed by atoms with van der Waals surface area (Å²) in [5.41, 5.74) is 7.86. The van der Waals surface area contributed by atoms with E-state index in [1.165, 1.54) is 16.7 Å². The van der Waals surface area contributed by atoms with Gasteiger partial charge in [-0.05, 0) is 73.2 Å². The van der Waals surface area contributed by atoms with Crippen molar-refractivity contribution in [3.8, 4) is 0 Å². The first kappa shape index (κ1) is 19.6. The van der Waals surface area contributed by atoms with Gasteiger partial charge in [0.25, 0.3) is 5.91 Å². The number of amides is 1. The molecule has 1 amide bonds. The molecule has 156 valence electrons. The van der Waals surface area contributed by atoms with Crippen molar-refractivity contribution in [1.82, 2.24) is 14.9 Å². The Balaban J connectivity index is 1.47. The molecule has 1 N–H and O–H groups in total. The third kappa shape index (κ3) is 4.24. The van der Waals surface area contributed by atoms with E-state index >= 15 is 0 Å². The van der Waals surface area contributed by atoms with E-state index in [0.29, 0.717) is 6.04 Å². The highest BCUT2D eigenvalue weighted by Gasteiger charge is 2.23. The van der Waals surface area contributed by atoms with Crippen molar-refractivity contribution in [3.63, 3.8) is 0 Å². The number of hydrogen-bond acceptors (Lipinski definition) is 2.